The second-order valence-corrected chi connectivity index (χ2v) is 7.92. The quantitative estimate of drug-likeness (QED) is 0.457. The van der Waals surface area contributed by atoms with Crippen molar-refractivity contribution in [2.75, 3.05) is 5.32 Å². The Kier molecular flexibility index (Phi) is 5.84. The molecule has 1 aromatic heterocycles. The van der Waals surface area contributed by atoms with E-state index in [-0.39, 0.29) is 5.91 Å². The van der Waals surface area contributed by atoms with E-state index in [0.29, 0.717) is 18.2 Å². The molecule has 0 bridgehead atoms. The molecule has 0 aliphatic heterocycles. The van der Waals surface area contributed by atoms with Crippen molar-refractivity contribution in [3.05, 3.63) is 90.3 Å². The van der Waals surface area contributed by atoms with E-state index in [1.165, 1.54) is 5.39 Å². The number of nitrogens with zero attached hydrogens (tertiary/aromatic N) is 2. The minimum atomic E-state index is -0.0861. The Morgan fingerprint density at radius 3 is 2.43 bits per heavy atom. The van der Waals surface area contributed by atoms with Gasteiger partial charge in [0.25, 0.3) is 0 Å². The number of aromatic nitrogens is 2. The topological polar surface area (TPSA) is 54.9 Å². The van der Waals surface area contributed by atoms with Gasteiger partial charge in [0.2, 0.25) is 5.91 Å². The van der Waals surface area contributed by atoms with Crippen molar-refractivity contribution in [1.82, 2.24) is 9.97 Å². The summed E-state index contributed by atoms with van der Waals surface area (Å²) in [6.07, 6.45) is 2.78. The van der Waals surface area contributed by atoms with Crippen molar-refractivity contribution >= 4 is 22.5 Å². The van der Waals surface area contributed by atoms with E-state index in [0.717, 1.165) is 34.3 Å². The summed E-state index contributed by atoms with van der Waals surface area (Å²) < 4.78 is 0. The first-order valence-electron chi connectivity index (χ1n) is 10.3. The standard InChI is InChI=1S/C26H25N3O/c1-18(2)14-23-26(27-17-24(28-23)21-9-4-3-5-10-21)29-25(30)16-19-12-13-20-8-6-7-11-22(20)15-19/h3-13,15,17-18H,14,16H2,1-2H3,(H,27,29,30). The van der Waals surface area contributed by atoms with E-state index in [1.807, 2.05) is 48.5 Å². The summed E-state index contributed by atoms with van der Waals surface area (Å²) in [6.45, 7) is 4.27. The molecule has 0 unspecified atom stereocenters. The average Bonchev–Trinajstić information content (AvgIpc) is 2.75. The molecule has 4 nitrogen and oxygen atoms in total. The van der Waals surface area contributed by atoms with Crippen molar-refractivity contribution in [2.45, 2.75) is 26.7 Å². The zero-order chi connectivity index (χ0) is 20.9. The molecule has 4 rings (SSSR count). The van der Waals surface area contributed by atoms with Gasteiger partial charge >= 0.3 is 0 Å². The van der Waals surface area contributed by atoms with Crippen LogP contribution in [0.3, 0.4) is 0 Å². The molecule has 0 radical (unpaired) electrons. The number of hydrogen-bond donors (Lipinski definition) is 1. The fraction of sp³-hybridized carbons (Fsp3) is 0.192. The van der Waals surface area contributed by atoms with Gasteiger partial charge in [0.1, 0.15) is 0 Å². The van der Waals surface area contributed by atoms with Crippen LogP contribution in [0.5, 0.6) is 0 Å². The molecule has 1 heterocycles. The smallest absolute Gasteiger partial charge is 0.229 e. The number of amides is 1. The number of rotatable bonds is 6. The molecule has 1 N–H and O–H groups in total. The molecule has 4 heteroatoms. The maximum atomic E-state index is 12.7. The first-order valence-corrected chi connectivity index (χ1v) is 10.3. The normalized spacial score (nSPS) is 11.0. The van der Waals surface area contributed by atoms with Crippen LogP contribution in [0.2, 0.25) is 0 Å². The molecule has 0 aliphatic carbocycles. The molecule has 0 saturated carbocycles. The molecule has 3 aromatic carbocycles. The van der Waals surface area contributed by atoms with Crippen molar-refractivity contribution in [1.29, 1.82) is 0 Å². The molecular weight excluding hydrogens is 370 g/mol. The highest BCUT2D eigenvalue weighted by molar-refractivity contribution is 5.93. The van der Waals surface area contributed by atoms with Gasteiger partial charge in [-0.2, -0.15) is 0 Å². The maximum absolute atomic E-state index is 12.7. The molecule has 0 atom stereocenters. The Balaban J connectivity index is 1.55. The average molecular weight is 396 g/mol. The van der Waals surface area contributed by atoms with Crippen molar-refractivity contribution in [3.63, 3.8) is 0 Å². The fourth-order valence-corrected chi connectivity index (χ4v) is 3.52. The molecule has 30 heavy (non-hydrogen) atoms. The molecule has 0 saturated heterocycles. The lowest BCUT2D eigenvalue weighted by atomic mass is 10.0. The number of fused-ring (bicyclic) bond motifs is 1. The van der Waals surface area contributed by atoms with E-state index < -0.39 is 0 Å². The van der Waals surface area contributed by atoms with Gasteiger partial charge in [0.05, 0.1) is 24.0 Å². The highest BCUT2D eigenvalue weighted by atomic mass is 16.1. The lowest BCUT2D eigenvalue weighted by Crippen LogP contribution is -2.18. The van der Waals surface area contributed by atoms with E-state index >= 15 is 0 Å². The molecule has 150 valence electrons. The van der Waals surface area contributed by atoms with Gasteiger partial charge in [-0.15, -0.1) is 0 Å². The van der Waals surface area contributed by atoms with E-state index in [2.05, 4.69) is 48.4 Å². The van der Waals surface area contributed by atoms with Crippen LogP contribution < -0.4 is 5.32 Å². The SMILES string of the molecule is CC(C)Cc1nc(-c2ccccc2)cnc1NC(=O)Cc1ccc2ccccc2c1. The summed E-state index contributed by atoms with van der Waals surface area (Å²) in [5.74, 6) is 0.868. The lowest BCUT2D eigenvalue weighted by Gasteiger charge is -2.13. The largest absolute Gasteiger partial charge is 0.309 e. The maximum Gasteiger partial charge on any atom is 0.229 e. The Labute approximate surface area is 177 Å². The molecular formula is C26H25N3O. The number of carbonyl (C=O) groups is 1. The van der Waals surface area contributed by atoms with Crippen molar-refractivity contribution < 1.29 is 4.79 Å². The predicted molar refractivity (Wildman–Crippen MR) is 122 cm³/mol. The first-order chi connectivity index (χ1) is 14.6. The Bertz CT molecular complexity index is 1170. The number of anilines is 1. The van der Waals surface area contributed by atoms with Gasteiger partial charge in [-0.05, 0) is 28.7 Å². The Morgan fingerprint density at radius 2 is 1.67 bits per heavy atom. The van der Waals surface area contributed by atoms with Crippen LogP contribution >= 0.6 is 0 Å². The minimum absolute atomic E-state index is 0.0861. The minimum Gasteiger partial charge on any atom is -0.309 e. The zero-order valence-corrected chi connectivity index (χ0v) is 17.3. The van der Waals surface area contributed by atoms with Crippen LogP contribution in [-0.4, -0.2) is 15.9 Å². The van der Waals surface area contributed by atoms with Crippen LogP contribution in [0.1, 0.15) is 25.1 Å². The van der Waals surface area contributed by atoms with Gasteiger partial charge in [0.15, 0.2) is 5.82 Å². The van der Waals surface area contributed by atoms with E-state index in [9.17, 15) is 4.79 Å². The number of benzene rings is 3. The summed E-state index contributed by atoms with van der Waals surface area (Å²) in [7, 11) is 0. The fourth-order valence-electron chi connectivity index (χ4n) is 3.52. The van der Waals surface area contributed by atoms with Gasteiger partial charge < -0.3 is 5.32 Å². The summed E-state index contributed by atoms with van der Waals surface area (Å²) >= 11 is 0. The third-order valence-electron chi connectivity index (χ3n) is 4.95. The van der Waals surface area contributed by atoms with Gasteiger partial charge in [-0.25, -0.2) is 9.97 Å². The van der Waals surface area contributed by atoms with Gasteiger partial charge in [-0.3, -0.25) is 4.79 Å². The number of nitrogens with one attached hydrogen (secondary N) is 1. The predicted octanol–water partition coefficient (Wildman–Crippen LogP) is 5.68. The second kappa shape index (κ2) is 8.87. The van der Waals surface area contributed by atoms with E-state index in [4.69, 9.17) is 4.98 Å². The summed E-state index contributed by atoms with van der Waals surface area (Å²) in [5.41, 5.74) is 3.63. The number of hydrogen-bond acceptors (Lipinski definition) is 3. The summed E-state index contributed by atoms with van der Waals surface area (Å²) in [6, 6.07) is 24.3. The number of carbonyl (C=O) groups excluding carboxylic acids is 1. The molecule has 0 spiro atoms. The Morgan fingerprint density at radius 1 is 0.933 bits per heavy atom. The molecule has 0 fully saturated rings. The highest BCUT2D eigenvalue weighted by Crippen LogP contribution is 2.22. The van der Waals surface area contributed by atoms with Gasteiger partial charge in [0, 0.05) is 5.56 Å². The van der Waals surface area contributed by atoms with Gasteiger partial charge in [-0.1, -0.05) is 86.6 Å². The van der Waals surface area contributed by atoms with Crippen LogP contribution in [-0.2, 0) is 17.6 Å². The Hall–Kier alpha value is -3.53. The van der Waals surface area contributed by atoms with Crippen molar-refractivity contribution in [2.24, 2.45) is 5.92 Å². The monoisotopic (exact) mass is 395 g/mol. The second-order valence-electron chi connectivity index (χ2n) is 7.92. The summed E-state index contributed by atoms with van der Waals surface area (Å²) in [4.78, 5) is 22.1. The van der Waals surface area contributed by atoms with Crippen molar-refractivity contribution in [3.8, 4) is 11.3 Å². The van der Waals surface area contributed by atoms with E-state index in [1.54, 1.807) is 6.20 Å². The third-order valence-corrected chi connectivity index (χ3v) is 4.95. The van der Waals surface area contributed by atoms with Crippen LogP contribution in [0.25, 0.3) is 22.0 Å². The lowest BCUT2D eigenvalue weighted by molar-refractivity contribution is -0.115. The molecule has 1 amide bonds. The molecule has 0 aliphatic rings. The molecule has 4 aromatic rings. The summed E-state index contributed by atoms with van der Waals surface area (Å²) in [5, 5.41) is 5.28. The zero-order valence-electron chi connectivity index (χ0n) is 17.3. The first kappa shape index (κ1) is 19.8. The van der Waals surface area contributed by atoms with Crippen LogP contribution in [0.4, 0.5) is 5.82 Å². The third kappa shape index (κ3) is 4.71. The highest BCUT2D eigenvalue weighted by Gasteiger charge is 2.14. The van der Waals surface area contributed by atoms with Crippen LogP contribution in [0.15, 0.2) is 79.0 Å². The van der Waals surface area contributed by atoms with Crippen LogP contribution in [0, 0.1) is 5.92 Å².